The van der Waals surface area contributed by atoms with Gasteiger partial charge in [-0.2, -0.15) is 5.26 Å². The van der Waals surface area contributed by atoms with Gasteiger partial charge in [0.1, 0.15) is 17.8 Å². The van der Waals surface area contributed by atoms with Gasteiger partial charge in [0.25, 0.3) is 0 Å². The first-order valence-corrected chi connectivity index (χ1v) is 14.0. The van der Waals surface area contributed by atoms with E-state index in [1.165, 1.54) is 31.2 Å². The predicted molar refractivity (Wildman–Crippen MR) is 155 cm³/mol. The maximum atomic E-state index is 15.1. The van der Waals surface area contributed by atoms with Crippen LogP contribution in [-0.2, 0) is 6.61 Å². The van der Waals surface area contributed by atoms with E-state index >= 15 is 4.39 Å². The Morgan fingerprint density at radius 1 is 1.12 bits per heavy atom. The molecule has 1 aliphatic heterocycles. The molecule has 8 nitrogen and oxygen atoms in total. The number of piperidine rings is 1. The van der Waals surface area contributed by atoms with Crippen LogP contribution in [0.2, 0.25) is 10.2 Å². The number of hydrogen-bond donors (Lipinski definition) is 2. The molecule has 210 valence electrons. The second kappa shape index (κ2) is 11.6. The number of fused-ring (bicyclic) bond motifs is 3. The Balaban J connectivity index is 1.27. The number of nitrogens with one attached hydrogen (secondary N) is 2. The molecule has 2 fully saturated rings. The molecular formula is C30H26Cl2FN5O3. The summed E-state index contributed by atoms with van der Waals surface area (Å²) < 4.78 is 32.6. The summed E-state index contributed by atoms with van der Waals surface area (Å²) in [5.41, 5.74) is 2.05. The van der Waals surface area contributed by atoms with E-state index in [4.69, 9.17) is 37.4 Å². The standard InChI is InChI=1S/C30H26Cl2FN5O3/c1-39-27-7-19-24(10-28(27)41-15-20-16-5-6-23(20)35-12-16)36-13-17(11-34)30(19)38-25-9-22(33)26(8-21(25)31)40-14-18-3-2-4-29(32)37-18/h2-4,7-10,13,16,20,23,35H,5-6,12,14-15H2,1H3,(H,36,38). The average Bonchev–Trinajstić information content (AvgIpc) is 3.56. The van der Waals surface area contributed by atoms with Gasteiger partial charge in [0.05, 0.1) is 46.9 Å². The van der Waals surface area contributed by atoms with Gasteiger partial charge < -0.3 is 24.8 Å². The maximum Gasteiger partial charge on any atom is 0.167 e. The van der Waals surface area contributed by atoms with Gasteiger partial charge in [-0.15, -0.1) is 0 Å². The van der Waals surface area contributed by atoms with Crippen molar-refractivity contribution in [2.24, 2.45) is 11.8 Å². The highest BCUT2D eigenvalue weighted by atomic mass is 35.5. The summed E-state index contributed by atoms with van der Waals surface area (Å²) in [4.78, 5) is 8.61. The number of pyridine rings is 2. The van der Waals surface area contributed by atoms with Gasteiger partial charge >= 0.3 is 0 Å². The fourth-order valence-corrected chi connectivity index (χ4v) is 6.02. The van der Waals surface area contributed by atoms with E-state index in [0.717, 1.165) is 6.54 Å². The number of benzene rings is 2. The molecule has 41 heavy (non-hydrogen) atoms. The van der Waals surface area contributed by atoms with Crippen LogP contribution < -0.4 is 24.8 Å². The molecule has 2 aromatic carbocycles. The number of anilines is 2. The molecule has 6 rings (SSSR count). The molecule has 1 saturated carbocycles. The molecule has 0 radical (unpaired) electrons. The van der Waals surface area contributed by atoms with Crippen molar-refractivity contribution >= 4 is 45.5 Å². The first kappa shape index (κ1) is 27.3. The molecule has 2 aromatic heterocycles. The number of nitriles is 1. The van der Waals surface area contributed by atoms with Crippen molar-refractivity contribution in [3.05, 3.63) is 75.9 Å². The summed E-state index contributed by atoms with van der Waals surface area (Å²) in [5, 5.41) is 17.6. The lowest BCUT2D eigenvalue weighted by atomic mass is 9.99. The predicted octanol–water partition coefficient (Wildman–Crippen LogP) is 6.66. The average molecular weight is 594 g/mol. The van der Waals surface area contributed by atoms with E-state index in [2.05, 4.69) is 26.7 Å². The van der Waals surface area contributed by atoms with Crippen LogP contribution in [0, 0.1) is 29.0 Å². The van der Waals surface area contributed by atoms with Gasteiger partial charge in [0.2, 0.25) is 0 Å². The Morgan fingerprint density at radius 2 is 2.00 bits per heavy atom. The third-order valence-corrected chi connectivity index (χ3v) is 8.27. The van der Waals surface area contributed by atoms with Gasteiger partial charge in [0, 0.05) is 41.7 Å². The molecule has 11 heteroatoms. The van der Waals surface area contributed by atoms with E-state index in [0.29, 0.717) is 63.4 Å². The molecule has 1 aliphatic carbocycles. The van der Waals surface area contributed by atoms with Crippen LogP contribution in [-0.4, -0.2) is 36.3 Å². The van der Waals surface area contributed by atoms with E-state index in [9.17, 15) is 5.26 Å². The number of ether oxygens (including phenoxy) is 3. The van der Waals surface area contributed by atoms with Crippen LogP contribution in [0.15, 0.2) is 48.7 Å². The summed E-state index contributed by atoms with van der Waals surface area (Å²) >= 11 is 12.4. The number of methoxy groups -OCH3 is 1. The van der Waals surface area contributed by atoms with Crippen molar-refractivity contribution in [1.29, 1.82) is 5.26 Å². The van der Waals surface area contributed by atoms with E-state index < -0.39 is 5.82 Å². The summed E-state index contributed by atoms with van der Waals surface area (Å²) in [6.07, 6.45) is 3.86. The Labute approximate surface area is 246 Å². The minimum atomic E-state index is -0.639. The number of hydrogen-bond acceptors (Lipinski definition) is 8. The smallest absolute Gasteiger partial charge is 0.167 e. The highest BCUT2D eigenvalue weighted by Crippen LogP contribution is 2.41. The summed E-state index contributed by atoms with van der Waals surface area (Å²) in [5.74, 6) is 1.50. The third kappa shape index (κ3) is 5.55. The first-order valence-electron chi connectivity index (χ1n) is 13.2. The lowest BCUT2D eigenvalue weighted by molar-refractivity contribution is 0.221. The molecule has 4 aromatic rings. The van der Waals surface area contributed by atoms with Gasteiger partial charge in [-0.25, -0.2) is 9.37 Å². The van der Waals surface area contributed by atoms with Crippen LogP contribution in [0.4, 0.5) is 15.8 Å². The minimum Gasteiger partial charge on any atom is -0.493 e. The van der Waals surface area contributed by atoms with Gasteiger partial charge in [0.15, 0.2) is 23.1 Å². The van der Waals surface area contributed by atoms with Crippen molar-refractivity contribution in [1.82, 2.24) is 15.3 Å². The molecule has 2 bridgehead atoms. The Kier molecular flexibility index (Phi) is 7.71. The maximum absolute atomic E-state index is 15.1. The van der Waals surface area contributed by atoms with Crippen molar-refractivity contribution < 1.29 is 18.6 Å². The quantitative estimate of drug-likeness (QED) is 0.208. The highest BCUT2D eigenvalue weighted by molar-refractivity contribution is 6.33. The SMILES string of the molecule is COc1cc2c(Nc3cc(F)c(OCc4cccc(Cl)n4)cc3Cl)c(C#N)cnc2cc1OCC1C2CCC1NC2. The zero-order valence-corrected chi connectivity index (χ0v) is 23.6. The summed E-state index contributed by atoms with van der Waals surface area (Å²) in [6, 6.07) is 13.9. The number of rotatable bonds is 9. The minimum absolute atomic E-state index is 0.0108. The Morgan fingerprint density at radius 3 is 2.71 bits per heavy atom. The summed E-state index contributed by atoms with van der Waals surface area (Å²) in [6.45, 7) is 1.63. The largest absolute Gasteiger partial charge is 0.493 e. The van der Waals surface area contributed by atoms with Gasteiger partial charge in [-0.05, 0) is 43.5 Å². The van der Waals surface area contributed by atoms with Gasteiger partial charge in [-0.3, -0.25) is 4.98 Å². The molecule has 2 aliphatic rings. The van der Waals surface area contributed by atoms with Crippen molar-refractivity contribution in [2.45, 2.75) is 25.5 Å². The molecular weight excluding hydrogens is 568 g/mol. The van der Waals surface area contributed by atoms with Crippen LogP contribution in [0.3, 0.4) is 0 Å². The molecule has 3 heterocycles. The lowest BCUT2D eigenvalue weighted by Gasteiger charge is -2.19. The lowest BCUT2D eigenvalue weighted by Crippen LogP contribution is -2.28. The zero-order chi connectivity index (χ0) is 28.5. The van der Waals surface area contributed by atoms with Crippen LogP contribution >= 0.6 is 23.2 Å². The number of halogens is 3. The van der Waals surface area contributed by atoms with E-state index in [1.54, 1.807) is 37.4 Å². The van der Waals surface area contributed by atoms with Crippen molar-refractivity contribution in [2.75, 3.05) is 25.6 Å². The van der Waals surface area contributed by atoms with Crippen LogP contribution in [0.5, 0.6) is 17.2 Å². The fraction of sp³-hybridized carbons (Fsp3) is 0.300. The molecule has 3 unspecified atom stereocenters. The number of aromatic nitrogens is 2. The second-order valence-corrected chi connectivity index (χ2v) is 10.9. The molecule has 2 N–H and O–H groups in total. The number of nitrogens with zero attached hydrogens (tertiary/aromatic N) is 3. The molecule has 3 atom stereocenters. The third-order valence-electron chi connectivity index (χ3n) is 7.75. The van der Waals surface area contributed by atoms with Crippen LogP contribution in [0.1, 0.15) is 24.1 Å². The van der Waals surface area contributed by atoms with E-state index in [-0.39, 0.29) is 28.6 Å². The first-order chi connectivity index (χ1) is 19.9. The normalized spacial score (nSPS) is 19.2. The Bertz CT molecular complexity index is 1640. The summed E-state index contributed by atoms with van der Waals surface area (Å²) in [7, 11) is 1.56. The molecule has 1 saturated heterocycles. The molecule has 0 spiro atoms. The monoisotopic (exact) mass is 593 g/mol. The highest BCUT2D eigenvalue weighted by Gasteiger charge is 2.41. The molecule has 0 amide bonds. The topological polar surface area (TPSA) is 101 Å². The zero-order valence-electron chi connectivity index (χ0n) is 22.1. The Hall–Kier alpha value is -3.84. The van der Waals surface area contributed by atoms with Crippen LogP contribution in [0.25, 0.3) is 10.9 Å². The van der Waals surface area contributed by atoms with Gasteiger partial charge in [-0.1, -0.05) is 29.3 Å². The van der Waals surface area contributed by atoms with E-state index in [1.807, 2.05) is 0 Å². The second-order valence-electron chi connectivity index (χ2n) is 10.1. The van der Waals surface area contributed by atoms with Crippen molar-refractivity contribution in [3.63, 3.8) is 0 Å². The fourth-order valence-electron chi connectivity index (χ4n) is 5.64. The van der Waals surface area contributed by atoms with Crippen molar-refractivity contribution in [3.8, 4) is 23.3 Å².